The molecule has 0 bridgehead atoms. The molecule has 0 aromatic heterocycles. The summed E-state index contributed by atoms with van der Waals surface area (Å²) in [5.74, 6) is -0.104. The van der Waals surface area contributed by atoms with Crippen molar-refractivity contribution in [2.45, 2.75) is 39.7 Å². The second-order valence-electron chi connectivity index (χ2n) is 6.63. The van der Waals surface area contributed by atoms with E-state index in [4.69, 9.17) is 4.74 Å². The van der Waals surface area contributed by atoms with Crippen LogP contribution in [0.2, 0.25) is 0 Å². The summed E-state index contributed by atoms with van der Waals surface area (Å²) in [7, 11) is 0. The van der Waals surface area contributed by atoms with E-state index in [1.807, 2.05) is 0 Å². The van der Waals surface area contributed by atoms with Gasteiger partial charge in [0.1, 0.15) is 5.60 Å². The number of nitrogens with zero attached hydrogens (tertiary/aromatic N) is 2. The first-order valence-electron chi connectivity index (χ1n) is 7.79. The van der Waals surface area contributed by atoms with Gasteiger partial charge < -0.3 is 19.9 Å². The largest absolute Gasteiger partial charge is 0.444 e. The monoisotopic (exact) mass is 325 g/mol. The second-order valence-corrected chi connectivity index (χ2v) is 6.63. The summed E-state index contributed by atoms with van der Waals surface area (Å²) in [5, 5.41) is 2.57. The number of nitrogens with one attached hydrogen (secondary N) is 1. The van der Waals surface area contributed by atoms with Gasteiger partial charge in [-0.15, -0.1) is 0 Å². The van der Waals surface area contributed by atoms with Crippen LogP contribution < -0.4 is 5.32 Å². The van der Waals surface area contributed by atoms with Crippen LogP contribution in [0.5, 0.6) is 0 Å². The molecule has 0 spiro atoms. The molecule has 0 atom stereocenters. The average molecular weight is 325 g/mol. The highest BCUT2D eigenvalue weighted by atomic mass is 16.6. The van der Waals surface area contributed by atoms with Crippen molar-refractivity contribution in [1.29, 1.82) is 0 Å². The Balaban J connectivity index is 2.28. The Morgan fingerprint density at radius 1 is 1.09 bits per heavy atom. The number of hydrogen-bond acceptors (Lipinski definition) is 4. The van der Waals surface area contributed by atoms with Crippen molar-refractivity contribution >= 4 is 17.9 Å². The molecule has 1 aliphatic rings. The maximum absolute atomic E-state index is 12.1. The number of piperazine rings is 1. The van der Waals surface area contributed by atoms with Crippen molar-refractivity contribution in [2.75, 3.05) is 32.7 Å². The first-order chi connectivity index (χ1) is 10.6. The maximum atomic E-state index is 12.1. The van der Waals surface area contributed by atoms with E-state index in [0.717, 1.165) is 0 Å². The molecular formula is C16H27N3O4. The predicted molar refractivity (Wildman–Crippen MR) is 86.8 cm³/mol. The summed E-state index contributed by atoms with van der Waals surface area (Å²) >= 11 is 0. The molecule has 0 radical (unpaired) electrons. The predicted octanol–water partition coefficient (Wildman–Crippen LogP) is 1.15. The summed E-state index contributed by atoms with van der Waals surface area (Å²) < 4.78 is 5.10. The van der Waals surface area contributed by atoms with Crippen LogP contribution in [0.3, 0.4) is 0 Å². The van der Waals surface area contributed by atoms with E-state index < -0.39 is 11.7 Å². The van der Waals surface area contributed by atoms with Crippen LogP contribution in [0, 0.1) is 0 Å². The molecule has 0 aliphatic carbocycles. The summed E-state index contributed by atoms with van der Waals surface area (Å²) in [4.78, 5) is 38.8. The van der Waals surface area contributed by atoms with Gasteiger partial charge in [0.15, 0.2) is 0 Å². The number of carbonyl (C=O) groups excluding carboxylic acids is 3. The highest BCUT2D eigenvalue weighted by Crippen LogP contribution is 2.08. The van der Waals surface area contributed by atoms with E-state index >= 15 is 0 Å². The molecule has 1 aliphatic heterocycles. The second kappa shape index (κ2) is 7.99. The molecular weight excluding hydrogens is 298 g/mol. The molecule has 1 heterocycles. The first-order valence-corrected chi connectivity index (χ1v) is 7.79. The van der Waals surface area contributed by atoms with Gasteiger partial charge in [-0.25, -0.2) is 4.79 Å². The minimum absolute atomic E-state index is 0.0384. The highest BCUT2D eigenvalue weighted by molar-refractivity contribution is 5.92. The Morgan fingerprint density at radius 3 is 2.09 bits per heavy atom. The van der Waals surface area contributed by atoms with Crippen molar-refractivity contribution in [3.8, 4) is 0 Å². The number of amides is 3. The average Bonchev–Trinajstić information content (AvgIpc) is 2.44. The quantitative estimate of drug-likeness (QED) is 0.786. The maximum Gasteiger partial charge on any atom is 0.407 e. The van der Waals surface area contributed by atoms with E-state index in [0.29, 0.717) is 31.8 Å². The van der Waals surface area contributed by atoms with Gasteiger partial charge in [0.25, 0.3) is 0 Å². The summed E-state index contributed by atoms with van der Waals surface area (Å²) in [6.07, 6.45) is -0.310. The zero-order valence-electron chi connectivity index (χ0n) is 14.5. The minimum atomic E-state index is -0.555. The fourth-order valence-corrected chi connectivity index (χ4v) is 2.17. The number of carbonyl (C=O) groups is 3. The van der Waals surface area contributed by atoms with Crippen LogP contribution in [-0.2, 0) is 14.3 Å². The van der Waals surface area contributed by atoms with E-state index in [1.165, 1.54) is 0 Å². The van der Waals surface area contributed by atoms with E-state index in [9.17, 15) is 14.4 Å². The van der Waals surface area contributed by atoms with Crippen LogP contribution in [0.25, 0.3) is 0 Å². The lowest BCUT2D eigenvalue weighted by molar-refractivity contribution is -0.137. The lowest BCUT2D eigenvalue weighted by atomic mass is 10.2. The Bertz CT molecular complexity index is 474. The normalized spacial score (nSPS) is 15.1. The highest BCUT2D eigenvalue weighted by Gasteiger charge is 2.24. The van der Waals surface area contributed by atoms with Gasteiger partial charge in [-0.2, -0.15) is 0 Å². The summed E-state index contributed by atoms with van der Waals surface area (Å²) in [6, 6.07) is 0. The molecule has 7 heteroatoms. The van der Waals surface area contributed by atoms with E-state index in [2.05, 4.69) is 11.9 Å². The zero-order chi connectivity index (χ0) is 17.6. The lowest BCUT2D eigenvalue weighted by Crippen LogP contribution is -2.51. The summed E-state index contributed by atoms with van der Waals surface area (Å²) in [6.45, 7) is 12.9. The fraction of sp³-hybridized carbons (Fsp3) is 0.688. The smallest absolute Gasteiger partial charge is 0.407 e. The molecule has 1 rings (SSSR count). The van der Waals surface area contributed by atoms with Gasteiger partial charge in [-0.1, -0.05) is 6.58 Å². The van der Waals surface area contributed by atoms with Crippen molar-refractivity contribution in [2.24, 2.45) is 0 Å². The fourth-order valence-electron chi connectivity index (χ4n) is 2.17. The Hall–Kier alpha value is -2.05. The topological polar surface area (TPSA) is 79.0 Å². The molecule has 1 N–H and O–H groups in total. The lowest BCUT2D eigenvalue weighted by Gasteiger charge is -2.35. The molecule has 0 aromatic rings. The number of ether oxygens (including phenoxy) is 1. The molecule has 1 saturated heterocycles. The molecule has 1 fully saturated rings. The van der Waals surface area contributed by atoms with Crippen LogP contribution in [0.15, 0.2) is 12.2 Å². The minimum Gasteiger partial charge on any atom is -0.444 e. The summed E-state index contributed by atoms with van der Waals surface area (Å²) in [5.41, 5.74) is -0.0494. The SMILES string of the molecule is C=C(C)C(=O)N1CCN(C(=O)CCNC(=O)OC(C)(C)C)CC1. The standard InChI is InChI=1S/C16H27N3O4/c1-12(2)14(21)19-10-8-18(9-11-19)13(20)6-7-17-15(22)23-16(3,4)5/h1,6-11H2,2-5H3,(H,17,22). The third kappa shape index (κ3) is 6.71. The number of rotatable bonds is 4. The van der Waals surface area contributed by atoms with Crippen LogP contribution in [0.1, 0.15) is 34.1 Å². The molecule has 0 unspecified atom stereocenters. The van der Waals surface area contributed by atoms with Gasteiger partial charge >= 0.3 is 6.09 Å². The van der Waals surface area contributed by atoms with Crippen molar-refractivity contribution < 1.29 is 19.1 Å². The molecule has 23 heavy (non-hydrogen) atoms. The third-order valence-corrected chi connectivity index (χ3v) is 3.29. The van der Waals surface area contributed by atoms with Crippen molar-refractivity contribution in [1.82, 2.24) is 15.1 Å². The van der Waals surface area contributed by atoms with Gasteiger partial charge in [-0.3, -0.25) is 9.59 Å². The molecule has 0 saturated carbocycles. The van der Waals surface area contributed by atoms with E-state index in [-0.39, 0.29) is 24.8 Å². The van der Waals surface area contributed by atoms with Crippen molar-refractivity contribution in [3.63, 3.8) is 0 Å². The van der Waals surface area contributed by atoms with Gasteiger partial charge in [0, 0.05) is 44.7 Å². The number of hydrogen-bond donors (Lipinski definition) is 1. The van der Waals surface area contributed by atoms with Gasteiger partial charge in [-0.05, 0) is 27.7 Å². The third-order valence-electron chi connectivity index (χ3n) is 3.29. The molecule has 0 aromatic carbocycles. The van der Waals surface area contributed by atoms with Crippen molar-refractivity contribution in [3.05, 3.63) is 12.2 Å². The van der Waals surface area contributed by atoms with Crippen LogP contribution in [-0.4, -0.2) is 66.0 Å². The molecule has 7 nitrogen and oxygen atoms in total. The first kappa shape index (κ1) is 19.0. The molecule has 3 amide bonds. The Morgan fingerprint density at radius 2 is 1.61 bits per heavy atom. The van der Waals surface area contributed by atoms with Gasteiger partial charge in [0.05, 0.1) is 0 Å². The zero-order valence-corrected chi connectivity index (χ0v) is 14.5. The Kier molecular flexibility index (Phi) is 6.60. The number of alkyl carbamates (subject to hydrolysis) is 1. The van der Waals surface area contributed by atoms with Gasteiger partial charge in [0.2, 0.25) is 11.8 Å². The van der Waals surface area contributed by atoms with Crippen LogP contribution in [0.4, 0.5) is 4.79 Å². The Labute approximate surface area is 137 Å². The van der Waals surface area contributed by atoms with E-state index in [1.54, 1.807) is 37.5 Å². The molecule has 130 valence electrons. The van der Waals surface area contributed by atoms with Crippen LogP contribution >= 0.6 is 0 Å².